The van der Waals surface area contributed by atoms with Crippen LogP contribution in [0, 0.1) is 6.92 Å². The van der Waals surface area contributed by atoms with Gasteiger partial charge in [-0.3, -0.25) is 0 Å². The third kappa shape index (κ3) is 5.01. The molecular formula is C12H15FO5S2. The minimum Gasteiger partial charge on any atom is -0.456 e. The summed E-state index contributed by atoms with van der Waals surface area (Å²) in [6.07, 6.45) is 0. The number of rotatable bonds is 3. The van der Waals surface area contributed by atoms with Crippen molar-refractivity contribution >= 4 is 29.1 Å². The van der Waals surface area contributed by atoms with Crippen molar-refractivity contribution in [2.45, 2.75) is 38.2 Å². The zero-order chi connectivity index (χ0) is 15.7. The Balaban J connectivity index is 3.21. The first kappa shape index (κ1) is 16.8. The fraction of sp³-hybridized carbons (Fsp3) is 0.417. The van der Waals surface area contributed by atoms with Gasteiger partial charge in [0.15, 0.2) is 0 Å². The van der Waals surface area contributed by atoms with Crippen molar-refractivity contribution in [3.05, 3.63) is 23.3 Å². The molecule has 0 amide bonds. The zero-order valence-electron chi connectivity index (χ0n) is 11.4. The second-order valence-corrected chi connectivity index (χ2v) is 6.53. The highest BCUT2D eigenvalue weighted by atomic mass is 32.3. The molecule has 0 radical (unpaired) electrons. The Morgan fingerprint density at radius 1 is 1.30 bits per heavy atom. The predicted octanol–water partition coefficient (Wildman–Crippen LogP) is 2.83. The van der Waals surface area contributed by atoms with Gasteiger partial charge in [-0.2, -0.15) is 8.42 Å². The molecule has 20 heavy (non-hydrogen) atoms. The van der Waals surface area contributed by atoms with Crippen LogP contribution in [0.4, 0.5) is 3.89 Å². The lowest BCUT2D eigenvalue weighted by atomic mass is 10.1. The molecule has 0 aliphatic rings. The van der Waals surface area contributed by atoms with Crippen molar-refractivity contribution in [3.63, 3.8) is 0 Å². The highest BCUT2D eigenvalue weighted by molar-refractivity contribution is 7.81. The fourth-order valence-corrected chi connectivity index (χ4v) is 1.96. The predicted molar refractivity (Wildman–Crippen MR) is 74.3 cm³/mol. The molecule has 0 aliphatic carbocycles. The van der Waals surface area contributed by atoms with Crippen molar-refractivity contribution < 1.29 is 26.0 Å². The molecule has 0 unspecified atom stereocenters. The van der Waals surface area contributed by atoms with E-state index in [0.717, 1.165) is 6.07 Å². The Morgan fingerprint density at radius 3 is 2.30 bits per heavy atom. The third-order valence-electron chi connectivity index (χ3n) is 2.16. The van der Waals surface area contributed by atoms with Crippen LogP contribution in [0.2, 0.25) is 0 Å². The van der Waals surface area contributed by atoms with Crippen LogP contribution in [-0.4, -0.2) is 20.0 Å². The average Bonchev–Trinajstić information content (AvgIpc) is 2.19. The Bertz CT molecular complexity index is 632. The number of carbonyl (C=O) groups excluding carboxylic acids is 1. The second-order valence-electron chi connectivity index (χ2n) is 5.10. The summed E-state index contributed by atoms with van der Waals surface area (Å²) >= 11 is 4.09. The van der Waals surface area contributed by atoms with E-state index in [1.165, 1.54) is 13.0 Å². The van der Waals surface area contributed by atoms with Crippen molar-refractivity contribution in [3.8, 4) is 5.75 Å². The van der Waals surface area contributed by atoms with Crippen LogP contribution in [0.25, 0.3) is 0 Å². The lowest BCUT2D eigenvalue weighted by molar-refractivity contribution is 0.00688. The molecular weight excluding hydrogens is 307 g/mol. The van der Waals surface area contributed by atoms with E-state index in [0.29, 0.717) is 5.56 Å². The lowest BCUT2D eigenvalue weighted by Gasteiger charge is -2.20. The van der Waals surface area contributed by atoms with Crippen LogP contribution in [-0.2, 0) is 15.2 Å². The Labute approximate surface area is 122 Å². The van der Waals surface area contributed by atoms with E-state index in [-0.39, 0.29) is 16.2 Å². The quantitative estimate of drug-likeness (QED) is 0.526. The van der Waals surface area contributed by atoms with Crippen LogP contribution in [0.1, 0.15) is 36.7 Å². The van der Waals surface area contributed by atoms with Gasteiger partial charge in [0.05, 0.1) is 5.56 Å². The molecule has 0 saturated heterocycles. The van der Waals surface area contributed by atoms with Gasteiger partial charge in [0, 0.05) is 10.5 Å². The number of hydrogen-bond donors (Lipinski definition) is 1. The molecule has 1 aromatic rings. The number of ether oxygens (including phenoxy) is 1. The van der Waals surface area contributed by atoms with E-state index < -0.39 is 22.1 Å². The monoisotopic (exact) mass is 322 g/mol. The summed E-state index contributed by atoms with van der Waals surface area (Å²) in [6, 6.07) is 2.49. The summed E-state index contributed by atoms with van der Waals surface area (Å²) in [7, 11) is -5.18. The molecule has 0 aliphatic heterocycles. The molecule has 5 nitrogen and oxygen atoms in total. The van der Waals surface area contributed by atoms with Gasteiger partial charge in [-0.1, -0.05) is 3.89 Å². The molecule has 0 N–H and O–H groups in total. The van der Waals surface area contributed by atoms with E-state index in [2.05, 4.69) is 16.8 Å². The summed E-state index contributed by atoms with van der Waals surface area (Å²) < 4.78 is 43.0. The van der Waals surface area contributed by atoms with E-state index in [1.807, 2.05) is 0 Å². The van der Waals surface area contributed by atoms with Crippen molar-refractivity contribution in [2.75, 3.05) is 0 Å². The van der Waals surface area contributed by atoms with Gasteiger partial charge in [-0.15, -0.1) is 12.6 Å². The van der Waals surface area contributed by atoms with Gasteiger partial charge in [-0.05, 0) is 39.8 Å². The van der Waals surface area contributed by atoms with Gasteiger partial charge < -0.3 is 8.92 Å². The standard InChI is InChI=1S/C12H15FO5S2/c1-7-9(18-20(13,15)16)5-8(6-10(7)19)11(14)17-12(2,3)4/h5-6,19H,1-4H3. The molecule has 0 heterocycles. The molecule has 1 aromatic carbocycles. The maximum atomic E-state index is 12.6. The Kier molecular flexibility index (Phi) is 4.70. The van der Waals surface area contributed by atoms with Gasteiger partial charge in [-0.25, -0.2) is 4.79 Å². The van der Waals surface area contributed by atoms with Gasteiger partial charge >= 0.3 is 16.5 Å². The molecule has 0 atom stereocenters. The topological polar surface area (TPSA) is 69.7 Å². The number of esters is 1. The van der Waals surface area contributed by atoms with E-state index >= 15 is 0 Å². The van der Waals surface area contributed by atoms with Crippen LogP contribution < -0.4 is 4.18 Å². The number of benzene rings is 1. The van der Waals surface area contributed by atoms with Crippen LogP contribution in [0.3, 0.4) is 0 Å². The minimum absolute atomic E-state index is 0.0224. The number of carbonyl (C=O) groups is 1. The number of thiol groups is 1. The van der Waals surface area contributed by atoms with Crippen LogP contribution in [0.5, 0.6) is 5.75 Å². The zero-order valence-corrected chi connectivity index (χ0v) is 13.1. The summed E-state index contributed by atoms with van der Waals surface area (Å²) in [5.41, 5.74) is -0.401. The van der Waals surface area contributed by atoms with Gasteiger partial charge in [0.2, 0.25) is 0 Å². The van der Waals surface area contributed by atoms with Gasteiger partial charge in [0.1, 0.15) is 11.4 Å². The Hall–Kier alpha value is -1.28. The molecule has 0 saturated carbocycles. The molecule has 0 fully saturated rings. The summed E-state index contributed by atoms with van der Waals surface area (Å²) in [5, 5.41) is 0. The third-order valence-corrected chi connectivity index (χ3v) is 3.00. The van der Waals surface area contributed by atoms with Crippen LogP contribution >= 0.6 is 12.6 Å². The normalized spacial score (nSPS) is 12.1. The summed E-state index contributed by atoms with van der Waals surface area (Å²) in [6.45, 7) is 6.54. The highest BCUT2D eigenvalue weighted by Gasteiger charge is 2.21. The molecule has 1 rings (SSSR count). The smallest absolute Gasteiger partial charge is 0.456 e. The fourth-order valence-electron chi connectivity index (χ4n) is 1.32. The molecule has 0 bridgehead atoms. The van der Waals surface area contributed by atoms with Crippen LogP contribution in [0.15, 0.2) is 17.0 Å². The van der Waals surface area contributed by atoms with Gasteiger partial charge in [0.25, 0.3) is 0 Å². The minimum atomic E-state index is -5.18. The number of halogens is 1. The molecule has 112 valence electrons. The van der Waals surface area contributed by atoms with Crippen molar-refractivity contribution in [2.24, 2.45) is 0 Å². The Morgan fingerprint density at radius 2 is 1.85 bits per heavy atom. The maximum absolute atomic E-state index is 12.6. The molecule has 0 aromatic heterocycles. The first-order chi connectivity index (χ1) is 8.89. The summed E-state index contributed by atoms with van der Waals surface area (Å²) in [5.74, 6) is -0.991. The van der Waals surface area contributed by atoms with Crippen molar-refractivity contribution in [1.82, 2.24) is 0 Å². The first-order valence-electron chi connectivity index (χ1n) is 5.60. The van der Waals surface area contributed by atoms with E-state index in [9.17, 15) is 17.1 Å². The summed E-state index contributed by atoms with van der Waals surface area (Å²) in [4.78, 5) is 12.2. The largest absolute Gasteiger partial charge is 0.488 e. The second kappa shape index (κ2) is 5.61. The molecule has 0 spiro atoms. The highest BCUT2D eigenvalue weighted by Crippen LogP contribution is 2.29. The first-order valence-corrected chi connectivity index (χ1v) is 7.35. The SMILES string of the molecule is Cc1c(S)cc(C(=O)OC(C)(C)C)cc1OS(=O)(=O)F. The van der Waals surface area contributed by atoms with E-state index in [1.54, 1.807) is 20.8 Å². The number of hydrogen-bond acceptors (Lipinski definition) is 6. The molecule has 8 heteroatoms. The lowest BCUT2D eigenvalue weighted by Crippen LogP contribution is -2.24. The average molecular weight is 322 g/mol. The van der Waals surface area contributed by atoms with Crippen molar-refractivity contribution in [1.29, 1.82) is 0 Å². The maximum Gasteiger partial charge on any atom is 0.488 e. The van der Waals surface area contributed by atoms with E-state index in [4.69, 9.17) is 4.74 Å².